The predicted octanol–water partition coefficient (Wildman–Crippen LogP) is 0.162. The van der Waals surface area contributed by atoms with Crippen LogP contribution in [0.1, 0.15) is 1.37 Å². The van der Waals surface area contributed by atoms with Crippen LogP contribution in [0, 0.1) is 0 Å². The Morgan fingerprint density at radius 1 is 1.24 bits per heavy atom. The van der Waals surface area contributed by atoms with Gasteiger partial charge in [-0.15, -0.1) is 0 Å². The minimum absolute atomic E-state index is 0.175. The van der Waals surface area contributed by atoms with E-state index in [0.29, 0.717) is 12.6 Å². The maximum atomic E-state index is 9.40. The third-order valence-electron chi connectivity index (χ3n) is 3.12. The lowest BCUT2D eigenvalue weighted by Gasteiger charge is -2.36. The Hall–Kier alpha value is -1.10. The van der Waals surface area contributed by atoms with Crippen LogP contribution >= 0.6 is 0 Å². The molecule has 0 radical (unpaired) electrons. The van der Waals surface area contributed by atoms with E-state index in [0.717, 1.165) is 31.9 Å². The summed E-state index contributed by atoms with van der Waals surface area (Å²) in [5.41, 5.74) is 1.15. The quantitative estimate of drug-likeness (QED) is 0.783. The van der Waals surface area contributed by atoms with Crippen molar-refractivity contribution < 1.29 is 11.6 Å². The average Bonchev–Trinajstić information content (AvgIpc) is 2.40. The van der Waals surface area contributed by atoms with Crippen molar-refractivity contribution in [2.45, 2.75) is 6.10 Å². The van der Waals surface area contributed by atoms with Crippen molar-refractivity contribution in [3.63, 3.8) is 0 Å². The topological polar surface area (TPSA) is 46.9 Å². The summed E-state index contributed by atoms with van der Waals surface area (Å²) in [5.74, 6) is 0. The normalized spacial score (nSPS) is 20.1. The molecule has 1 aromatic carbocycles. The smallest absolute Gasteiger partial charge is 0.0897 e. The van der Waals surface area contributed by atoms with Crippen LogP contribution in [0.25, 0.3) is 0 Å². The monoisotopic (exact) mass is 237 g/mol. The number of aliphatic hydroxyl groups is 2. The number of nitrogens with zero attached hydrogens (tertiary/aromatic N) is 2. The first-order chi connectivity index (χ1) is 8.69. The molecule has 1 aromatic rings. The number of rotatable bonds is 4. The summed E-state index contributed by atoms with van der Waals surface area (Å²) in [4.78, 5) is 4.44. The van der Waals surface area contributed by atoms with Crippen LogP contribution in [0.2, 0.25) is 0 Å². The fourth-order valence-corrected chi connectivity index (χ4v) is 2.13. The first-order valence-corrected chi connectivity index (χ1v) is 6.02. The summed E-state index contributed by atoms with van der Waals surface area (Å²) in [6, 6.07) is 8.08. The Balaban J connectivity index is 1.84. The number of benzene rings is 1. The Morgan fingerprint density at radius 3 is 2.47 bits per heavy atom. The summed E-state index contributed by atoms with van der Waals surface area (Å²) < 4.78 is 7.46. The zero-order valence-corrected chi connectivity index (χ0v) is 9.92. The summed E-state index contributed by atoms with van der Waals surface area (Å²) in [6.45, 7) is 3.96. The van der Waals surface area contributed by atoms with Crippen molar-refractivity contribution in [3.05, 3.63) is 30.3 Å². The second-order valence-electron chi connectivity index (χ2n) is 4.38. The van der Waals surface area contributed by atoms with E-state index in [2.05, 4.69) is 9.80 Å². The summed E-state index contributed by atoms with van der Waals surface area (Å²) >= 11 is 0. The summed E-state index contributed by atoms with van der Waals surface area (Å²) in [5, 5.41) is 18.2. The molecule has 0 saturated carbocycles. The molecule has 4 heteroatoms. The lowest BCUT2D eigenvalue weighted by atomic mass is 10.2. The second-order valence-corrected chi connectivity index (χ2v) is 4.38. The van der Waals surface area contributed by atoms with Gasteiger partial charge in [0.1, 0.15) is 0 Å². The lowest BCUT2D eigenvalue weighted by molar-refractivity contribution is 0.0575. The van der Waals surface area contributed by atoms with Crippen molar-refractivity contribution in [2.75, 3.05) is 44.2 Å². The summed E-state index contributed by atoms with van der Waals surface area (Å²) in [6.07, 6.45) is -0.640. The van der Waals surface area contributed by atoms with Gasteiger partial charge in [0.05, 0.1) is 14.1 Å². The van der Waals surface area contributed by atoms with E-state index in [4.69, 9.17) is 6.48 Å². The van der Waals surface area contributed by atoms with Gasteiger partial charge in [0.2, 0.25) is 0 Å². The number of hydrogen-bond acceptors (Lipinski definition) is 4. The fraction of sp³-hybridized carbons (Fsp3) is 0.538. The number of hydrogen-bond donors (Lipinski definition) is 2. The van der Waals surface area contributed by atoms with Gasteiger partial charge in [-0.25, -0.2) is 0 Å². The Labute approximate surface area is 103 Å². The van der Waals surface area contributed by atoms with E-state index in [9.17, 15) is 5.11 Å². The van der Waals surface area contributed by atoms with Gasteiger partial charge in [-0.2, -0.15) is 0 Å². The van der Waals surface area contributed by atoms with Gasteiger partial charge in [-0.1, -0.05) is 18.2 Å². The molecule has 1 aliphatic heterocycles. The fourth-order valence-electron chi connectivity index (χ4n) is 2.13. The molecule has 0 bridgehead atoms. The number of para-hydroxylation sites is 1. The standard InChI is InChI=1S/C13H20N2O2/c16-11-13(17)10-14-6-8-15(9-7-14)12-4-2-1-3-5-12/h1-5,13,16-17H,6-11H2/i1D. The second kappa shape index (κ2) is 6.00. The first-order valence-electron chi connectivity index (χ1n) is 6.52. The highest BCUT2D eigenvalue weighted by atomic mass is 16.3. The van der Waals surface area contributed by atoms with Gasteiger partial charge in [0.25, 0.3) is 0 Å². The highest BCUT2D eigenvalue weighted by Gasteiger charge is 2.18. The molecule has 4 nitrogen and oxygen atoms in total. The van der Waals surface area contributed by atoms with E-state index in [1.807, 2.05) is 12.1 Å². The van der Waals surface area contributed by atoms with Crippen LogP contribution in [0.5, 0.6) is 0 Å². The van der Waals surface area contributed by atoms with Gasteiger partial charge < -0.3 is 15.1 Å². The predicted molar refractivity (Wildman–Crippen MR) is 68.2 cm³/mol. The molecule has 1 fully saturated rings. The Bertz CT molecular complexity index is 364. The molecule has 2 rings (SSSR count). The number of anilines is 1. The van der Waals surface area contributed by atoms with Crippen LogP contribution in [0.3, 0.4) is 0 Å². The van der Waals surface area contributed by atoms with Crippen molar-refractivity contribution in [1.29, 1.82) is 0 Å². The van der Waals surface area contributed by atoms with Crippen LogP contribution < -0.4 is 4.90 Å². The minimum atomic E-state index is -0.640. The molecule has 1 aliphatic rings. The van der Waals surface area contributed by atoms with Crippen molar-refractivity contribution in [2.24, 2.45) is 0 Å². The molecule has 1 saturated heterocycles. The highest BCUT2D eigenvalue weighted by molar-refractivity contribution is 5.46. The largest absolute Gasteiger partial charge is 0.394 e. The third-order valence-corrected chi connectivity index (χ3v) is 3.12. The van der Waals surface area contributed by atoms with Gasteiger partial charge >= 0.3 is 0 Å². The molecule has 0 aliphatic carbocycles. The Morgan fingerprint density at radius 2 is 1.88 bits per heavy atom. The van der Waals surface area contributed by atoms with E-state index in [1.54, 1.807) is 12.1 Å². The molecule has 2 N–H and O–H groups in total. The third kappa shape index (κ3) is 3.43. The molecule has 1 unspecified atom stereocenters. The maximum absolute atomic E-state index is 9.40. The molecule has 0 spiro atoms. The number of aliphatic hydroxyl groups excluding tert-OH is 2. The van der Waals surface area contributed by atoms with E-state index >= 15 is 0 Å². The summed E-state index contributed by atoms with van der Waals surface area (Å²) in [7, 11) is 0. The van der Waals surface area contributed by atoms with Crippen molar-refractivity contribution >= 4 is 5.69 Å². The van der Waals surface area contributed by atoms with Crippen LogP contribution in [-0.2, 0) is 0 Å². The maximum Gasteiger partial charge on any atom is 0.0897 e. The molecule has 94 valence electrons. The molecule has 0 amide bonds. The van der Waals surface area contributed by atoms with Gasteiger partial charge in [0.15, 0.2) is 0 Å². The van der Waals surface area contributed by atoms with E-state index in [-0.39, 0.29) is 6.61 Å². The molecular formula is C13H20N2O2. The van der Waals surface area contributed by atoms with Crippen LogP contribution in [0.15, 0.2) is 30.3 Å². The minimum Gasteiger partial charge on any atom is -0.394 e. The lowest BCUT2D eigenvalue weighted by Crippen LogP contribution is -2.49. The van der Waals surface area contributed by atoms with Gasteiger partial charge in [0, 0.05) is 38.4 Å². The molecular weight excluding hydrogens is 216 g/mol. The van der Waals surface area contributed by atoms with Gasteiger partial charge in [-0.3, -0.25) is 4.90 Å². The van der Waals surface area contributed by atoms with Crippen LogP contribution in [0.4, 0.5) is 5.69 Å². The highest BCUT2D eigenvalue weighted by Crippen LogP contribution is 2.15. The van der Waals surface area contributed by atoms with Crippen molar-refractivity contribution in [3.8, 4) is 0 Å². The zero-order chi connectivity index (χ0) is 13.0. The zero-order valence-electron chi connectivity index (χ0n) is 10.9. The van der Waals surface area contributed by atoms with E-state index in [1.165, 1.54) is 0 Å². The Kier molecular flexibility index (Phi) is 3.89. The number of β-amino-alcohol motifs (C(OH)–C–C–N with tert-alkyl or cyclic N) is 1. The molecule has 0 aromatic heterocycles. The van der Waals surface area contributed by atoms with Gasteiger partial charge in [-0.05, 0) is 12.1 Å². The first kappa shape index (κ1) is 11.0. The molecule has 17 heavy (non-hydrogen) atoms. The molecule has 1 heterocycles. The van der Waals surface area contributed by atoms with Crippen molar-refractivity contribution in [1.82, 2.24) is 4.90 Å². The van der Waals surface area contributed by atoms with E-state index < -0.39 is 6.10 Å². The molecule has 1 atom stereocenters. The van der Waals surface area contributed by atoms with Crippen LogP contribution in [-0.4, -0.2) is 60.5 Å². The average molecular weight is 237 g/mol. The SMILES string of the molecule is [2H]c1ccc(N2CCN(CC(O)CO)CC2)cc1. The number of piperazine rings is 1.